The molecule has 11 nitrogen and oxygen atoms in total. The van der Waals surface area contributed by atoms with Gasteiger partial charge in [0.2, 0.25) is 0 Å². The van der Waals surface area contributed by atoms with E-state index in [1.54, 1.807) is 25.4 Å². The van der Waals surface area contributed by atoms with Crippen molar-refractivity contribution in [2.24, 2.45) is 10.2 Å². The van der Waals surface area contributed by atoms with Crippen LogP contribution in [0.3, 0.4) is 0 Å². The molecule has 122 valence electrons. The van der Waals surface area contributed by atoms with Crippen LogP contribution in [-0.2, 0) is 0 Å². The summed E-state index contributed by atoms with van der Waals surface area (Å²) in [5, 5.41) is 30.3. The van der Waals surface area contributed by atoms with E-state index in [1.165, 1.54) is 15.5 Å². The van der Waals surface area contributed by atoms with Crippen molar-refractivity contribution in [3.8, 4) is 12.0 Å². The molecule has 0 bridgehead atoms. The quantitative estimate of drug-likeness (QED) is 0.568. The zero-order chi connectivity index (χ0) is 17.4. The van der Waals surface area contributed by atoms with Gasteiger partial charge in [-0.15, -0.1) is 20.0 Å². The van der Waals surface area contributed by atoms with Crippen LogP contribution in [0.5, 0.6) is 0 Å². The lowest BCUT2D eigenvalue weighted by Crippen LogP contribution is -2.01. The SMILES string of the molecule is Cc1nn2nc(C)c(/N=N/c3c(C#N)cnn3-c3ncccn3)c2[nH]1. The summed E-state index contributed by atoms with van der Waals surface area (Å²) < 4.78 is 2.82. The zero-order valence-corrected chi connectivity index (χ0v) is 13.3. The third-order valence-electron chi connectivity index (χ3n) is 3.41. The number of nitrogens with zero attached hydrogens (tertiary/aromatic N) is 10. The van der Waals surface area contributed by atoms with E-state index < -0.39 is 0 Å². The molecule has 0 aliphatic heterocycles. The number of azo groups is 1. The summed E-state index contributed by atoms with van der Waals surface area (Å²) in [6, 6.07) is 3.73. The van der Waals surface area contributed by atoms with E-state index in [0.29, 0.717) is 28.8 Å². The van der Waals surface area contributed by atoms with Gasteiger partial charge >= 0.3 is 0 Å². The van der Waals surface area contributed by atoms with Gasteiger partial charge in [-0.05, 0) is 19.9 Å². The van der Waals surface area contributed by atoms with Gasteiger partial charge in [0, 0.05) is 12.4 Å². The molecule has 0 fully saturated rings. The van der Waals surface area contributed by atoms with Gasteiger partial charge in [0.15, 0.2) is 17.2 Å². The Bertz CT molecular complexity index is 1120. The molecule has 0 aliphatic rings. The number of fused-ring (bicyclic) bond motifs is 1. The normalized spacial score (nSPS) is 11.4. The Morgan fingerprint density at radius 1 is 1.16 bits per heavy atom. The number of nitrogens with one attached hydrogen (secondary N) is 1. The van der Waals surface area contributed by atoms with E-state index in [4.69, 9.17) is 0 Å². The van der Waals surface area contributed by atoms with Crippen LogP contribution in [-0.4, -0.2) is 39.6 Å². The van der Waals surface area contributed by atoms with E-state index in [1.807, 2.05) is 13.0 Å². The van der Waals surface area contributed by atoms with Gasteiger partial charge in [-0.25, -0.2) is 9.97 Å². The molecule has 0 aliphatic carbocycles. The second-order valence-electron chi connectivity index (χ2n) is 5.14. The standard InChI is InChI=1S/C14H11N11/c1-8-11(13-19-9(2)23-25(13)22-8)20-21-12-10(6-15)7-18-24(12)14-16-4-3-5-17-14/h3-5,7H,1-2H3,(H,19,23)/b21-20+. The predicted octanol–water partition coefficient (Wildman–Crippen LogP) is 1.94. The average molecular weight is 333 g/mol. The van der Waals surface area contributed by atoms with E-state index in [-0.39, 0.29) is 11.4 Å². The summed E-state index contributed by atoms with van der Waals surface area (Å²) in [6.07, 6.45) is 4.55. The first-order chi connectivity index (χ1) is 12.2. The zero-order valence-electron chi connectivity index (χ0n) is 13.3. The molecule has 4 rings (SSSR count). The van der Waals surface area contributed by atoms with Crippen LogP contribution >= 0.6 is 0 Å². The van der Waals surface area contributed by atoms with Crippen LogP contribution in [0.25, 0.3) is 11.6 Å². The van der Waals surface area contributed by atoms with Crippen molar-refractivity contribution < 1.29 is 0 Å². The highest BCUT2D eigenvalue weighted by molar-refractivity contribution is 5.66. The number of nitriles is 1. The fraction of sp³-hybridized carbons (Fsp3) is 0.143. The van der Waals surface area contributed by atoms with Gasteiger partial charge < -0.3 is 4.98 Å². The fourth-order valence-corrected chi connectivity index (χ4v) is 2.31. The van der Waals surface area contributed by atoms with Crippen molar-refractivity contribution in [3.63, 3.8) is 0 Å². The maximum Gasteiger partial charge on any atom is 0.252 e. The first kappa shape index (κ1) is 14.6. The molecule has 0 amide bonds. The summed E-state index contributed by atoms with van der Waals surface area (Å²) in [5.41, 5.74) is 2.08. The third kappa shape index (κ3) is 2.41. The molecule has 0 unspecified atom stereocenters. The molecule has 25 heavy (non-hydrogen) atoms. The summed E-state index contributed by atoms with van der Waals surface area (Å²) in [7, 11) is 0. The Labute approximate surface area is 140 Å². The first-order valence-corrected chi connectivity index (χ1v) is 7.27. The van der Waals surface area contributed by atoms with Gasteiger partial charge in [-0.1, -0.05) is 0 Å². The smallest absolute Gasteiger partial charge is 0.252 e. The largest absolute Gasteiger partial charge is 0.324 e. The van der Waals surface area contributed by atoms with Gasteiger partial charge in [0.25, 0.3) is 5.95 Å². The molecule has 4 heterocycles. The minimum Gasteiger partial charge on any atom is -0.324 e. The molecule has 4 aromatic rings. The highest BCUT2D eigenvalue weighted by Gasteiger charge is 2.16. The molecule has 0 spiro atoms. The Kier molecular flexibility index (Phi) is 3.28. The predicted molar refractivity (Wildman–Crippen MR) is 84.9 cm³/mol. The van der Waals surface area contributed by atoms with Gasteiger partial charge in [0.1, 0.15) is 17.5 Å². The average Bonchev–Trinajstić information content (AvgIpc) is 3.26. The monoisotopic (exact) mass is 333 g/mol. The summed E-state index contributed by atoms with van der Waals surface area (Å²) in [5.74, 6) is 1.25. The first-order valence-electron chi connectivity index (χ1n) is 7.27. The minimum absolute atomic E-state index is 0.240. The lowest BCUT2D eigenvalue weighted by atomic mass is 10.4. The number of aromatic nitrogens is 8. The van der Waals surface area contributed by atoms with Crippen molar-refractivity contribution in [1.82, 2.24) is 39.6 Å². The second kappa shape index (κ2) is 5.60. The Hall–Kier alpha value is -3.94. The number of hydrogen-bond donors (Lipinski definition) is 1. The molecular weight excluding hydrogens is 322 g/mol. The molecule has 0 saturated heterocycles. The lowest BCUT2D eigenvalue weighted by molar-refractivity contribution is 0.793. The fourth-order valence-electron chi connectivity index (χ4n) is 2.31. The molecule has 0 atom stereocenters. The molecule has 1 N–H and O–H groups in total. The second-order valence-corrected chi connectivity index (χ2v) is 5.14. The number of hydrogen-bond acceptors (Lipinski definition) is 8. The van der Waals surface area contributed by atoms with Crippen molar-refractivity contribution in [3.05, 3.63) is 41.7 Å². The van der Waals surface area contributed by atoms with Crippen LogP contribution in [0.2, 0.25) is 0 Å². The number of rotatable bonds is 3. The van der Waals surface area contributed by atoms with Crippen molar-refractivity contribution >= 4 is 17.2 Å². The molecule has 0 radical (unpaired) electrons. The van der Waals surface area contributed by atoms with E-state index in [0.717, 1.165) is 0 Å². The Balaban J connectivity index is 1.82. The van der Waals surface area contributed by atoms with Crippen molar-refractivity contribution in [2.45, 2.75) is 13.8 Å². The van der Waals surface area contributed by atoms with Crippen LogP contribution in [0, 0.1) is 25.2 Å². The van der Waals surface area contributed by atoms with Crippen molar-refractivity contribution in [2.75, 3.05) is 0 Å². The molecular formula is C14H11N11. The topological polar surface area (TPSA) is 138 Å². The van der Waals surface area contributed by atoms with E-state index in [2.05, 4.69) is 40.5 Å². The molecule has 0 aromatic carbocycles. The van der Waals surface area contributed by atoms with E-state index in [9.17, 15) is 5.26 Å². The van der Waals surface area contributed by atoms with Crippen LogP contribution in [0.1, 0.15) is 17.1 Å². The van der Waals surface area contributed by atoms with Gasteiger partial charge in [0.05, 0.1) is 11.9 Å². The number of aromatic amines is 1. The minimum atomic E-state index is 0.240. The third-order valence-corrected chi connectivity index (χ3v) is 3.41. The summed E-state index contributed by atoms with van der Waals surface area (Å²) >= 11 is 0. The highest BCUT2D eigenvalue weighted by atomic mass is 15.5. The maximum absolute atomic E-state index is 9.29. The van der Waals surface area contributed by atoms with Gasteiger partial charge in [-0.3, -0.25) is 0 Å². The highest BCUT2D eigenvalue weighted by Crippen LogP contribution is 2.27. The van der Waals surface area contributed by atoms with E-state index >= 15 is 0 Å². The Morgan fingerprint density at radius 2 is 1.96 bits per heavy atom. The van der Waals surface area contributed by atoms with Crippen LogP contribution in [0.15, 0.2) is 34.9 Å². The Morgan fingerprint density at radius 3 is 2.72 bits per heavy atom. The number of aryl methyl sites for hydroxylation is 2. The van der Waals surface area contributed by atoms with Crippen LogP contribution in [0.4, 0.5) is 11.5 Å². The summed E-state index contributed by atoms with van der Waals surface area (Å²) in [4.78, 5) is 11.3. The summed E-state index contributed by atoms with van der Waals surface area (Å²) in [6.45, 7) is 3.62. The molecule has 4 aromatic heterocycles. The molecule has 0 saturated carbocycles. The number of H-pyrrole nitrogens is 1. The lowest BCUT2D eigenvalue weighted by Gasteiger charge is -2.00. The van der Waals surface area contributed by atoms with Crippen molar-refractivity contribution in [1.29, 1.82) is 5.26 Å². The molecule has 11 heteroatoms. The van der Waals surface area contributed by atoms with Gasteiger partial charge in [-0.2, -0.15) is 20.1 Å². The van der Waals surface area contributed by atoms with Crippen LogP contribution < -0.4 is 0 Å². The maximum atomic E-state index is 9.29.